The molecule has 3 heterocycles. The normalized spacial score (nSPS) is 15.7. The van der Waals surface area contributed by atoms with E-state index < -0.39 is 0 Å². The van der Waals surface area contributed by atoms with Crippen LogP contribution >= 0.6 is 11.8 Å². The van der Waals surface area contributed by atoms with Gasteiger partial charge in [-0.15, -0.1) is 0 Å². The Morgan fingerprint density at radius 3 is 2.76 bits per heavy atom. The van der Waals surface area contributed by atoms with Gasteiger partial charge in [-0.3, -0.25) is 0 Å². The van der Waals surface area contributed by atoms with Gasteiger partial charge >= 0.3 is 0 Å². The highest BCUT2D eigenvalue weighted by Crippen LogP contribution is 2.21. The number of rotatable bonds is 2. The van der Waals surface area contributed by atoms with E-state index in [1.165, 1.54) is 12.8 Å². The molecular formula is C12H14N4S. The lowest BCUT2D eigenvalue weighted by atomic mass is 10.3. The summed E-state index contributed by atoms with van der Waals surface area (Å²) in [7, 11) is 0. The molecule has 5 heteroatoms. The molecule has 0 unspecified atom stereocenters. The van der Waals surface area contributed by atoms with E-state index in [2.05, 4.69) is 32.0 Å². The molecular weight excluding hydrogens is 232 g/mol. The molecule has 1 aliphatic rings. The third-order valence-corrected chi connectivity index (χ3v) is 3.58. The molecule has 1 saturated heterocycles. The van der Waals surface area contributed by atoms with Crippen LogP contribution < -0.4 is 4.90 Å². The van der Waals surface area contributed by atoms with Gasteiger partial charge in [0.1, 0.15) is 5.82 Å². The molecule has 0 saturated carbocycles. The van der Waals surface area contributed by atoms with Crippen LogP contribution in [0, 0.1) is 0 Å². The van der Waals surface area contributed by atoms with Crippen molar-refractivity contribution >= 4 is 28.6 Å². The molecule has 3 rings (SSSR count). The topological polar surface area (TPSA) is 41.9 Å². The van der Waals surface area contributed by atoms with Crippen molar-refractivity contribution in [1.29, 1.82) is 0 Å². The second-order valence-corrected chi connectivity index (χ2v) is 4.91. The molecule has 88 valence electrons. The first-order valence-electron chi connectivity index (χ1n) is 5.79. The van der Waals surface area contributed by atoms with Crippen LogP contribution in [0.2, 0.25) is 0 Å². The summed E-state index contributed by atoms with van der Waals surface area (Å²) >= 11 is 1.55. The molecule has 0 spiro atoms. The summed E-state index contributed by atoms with van der Waals surface area (Å²) in [5.41, 5.74) is 0.800. The predicted octanol–water partition coefficient (Wildman–Crippen LogP) is 2.35. The van der Waals surface area contributed by atoms with Crippen LogP contribution in [0.3, 0.4) is 0 Å². The summed E-state index contributed by atoms with van der Waals surface area (Å²) in [5, 5.41) is 1.79. The van der Waals surface area contributed by atoms with Gasteiger partial charge in [0.25, 0.3) is 0 Å². The summed E-state index contributed by atoms with van der Waals surface area (Å²) < 4.78 is 0. The van der Waals surface area contributed by atoms with Gasteiger partial charge in [-0.05, 0) is 31.2 Å². The van der Waals surface area contributed by atoms with Crippen molar-refractivity contribution in [2.75, 3.05) is 24.2 Å². The van der Waals surface area contributed by atoms with E-state index in [4.69, 9.17) is 0 Å². The maximum absolute atomic E-state index is 4.63. The number of thioether (sulfide) groups is 1. The van der Waals surface area contributed by atoms with Gasteiger partial charge in [-0.1, -0.05) is 11.8 Å². The Kier molecular flexibility index (Phi) is 2.84. The Hall–Kier alpha value is -1.36. The lowest BCUT2D eigenvalue weighted by molar-refractivity contribution is 0.931. The van der Waals surface area contributed by atoms with Crippen molar-refractivity contribution in [3.05, 3.63) is 18.3 Å². The average molecular weight is 246 g/mol. The van der Waals surface area contributed by atoms with Gasteiger partial charge in [-0.25, -0.2) is 15.0 Å². The van der Waals surface area contributed by atoms with E-state index in [0.717, 1.165) is 35.1 Å². The second-order valence-electron chi connectivity index (χ2n) is 4.13. The van der Waals surface area contributed by atoms with Gasteiger partial charge in [-0.2, -0.15) is 0 Å². The first kappa shape index (κ1) is 10.8. The van der Waals surface area contributed by atoms with Crippen molar-refractivity contribution in [1.82, 2.24) is 15.0 Å². The Morgan fingerprint density at radius 2 is 2.00 bits per heavy atom. The molecule has 0 N–H and O–H groups in total. The zero-order chi connectivity index (χ0) is 11.7. The average Bonchev–Trinajstić information content (AvgIpc) is 2.91. The van der Waals surface area contributed by atoms with Crippen LogP contribution in [0.15, 0.2) is 23.5 Å². The molecule has 0 aromatic carbocycles. The molecule has 0 radical (unpaired) electrons. The standard InChI is InChI=1S/C12H14N4S/c1-17-12-13-8-9-4-5-10(14-11(9)15-12)16-6-2-3-7-16/h4-5,8H,2-3,6-7H2,1H3. The minimum Gasteiger partial charge on any atom is -0.357 e. The third-order valence-electron chi connectivity index (χ3n) is 3.02. The van der Waals surface area contributed by atoms with E-state index in [1.54, 1.807) is 11.8 Å². The first-order chi connectivity index (χ1) is 8.36. The molecule has 2 aromatic rings. The summed E-state index contributed by atoms with van der Waals surface area (Å²) in [6.45, 7) is 2.22. The fourth-order valence-electron chi connectivity index (χ4n) is 2.10. The van der Waals surface area contributed by atoms with Crippen LogP contribution in [0.5, 0.6) is 0 Å². The Balaban J connectivity index is 2.03. The van der Waals surface area contributed by atoms with Crippen LogP contribution in [-0.4, -0.2) is 34.3 Å². The van der Waals surface area contributed by atoms with E-state index in [-0.39, 0.29) is 0 Å². The van der Waals surface area contributed by atoms with Crippen molar-refractivity contribution in [3.63, 3.8) is 0 Å². The van der Waals surface area contributed by atoms with E-state index in [0.29, 0.717) is 0 Å². The predicted molar refractivity (Wildman–Crippen MR) is 70.6 cm³/mol. The zero-order valence-corrected chi connectivity index (χ0v) is 10.6. The molecule has 0 amide bonds. The number of hydrogen-bond donors (Lipinski definition) is 0. The van der Waals surface area contributed by atoms with Gasteiger partial charge in [0.05, 0.1) is 0 Å². The smallest absolute Gasteiger partial charge is 0.189 e. The van der Waals surface area contributed by atoms with Crippen molar-refractivity contribution in [3.8, 4) is 0 Å². The van der Waals surface area contributed by atoms with Crippen LogP contribution in [0.25, 0.3) is 11.0 Å². The number of anilines is 1. The van der Waals surface area contributed by atoms with E-state index >= 15 is 0 Å². The zero-order valence-electron chi connectivity index (χ0n) is 9.76. The third kappa shape index (κ3) is 2.07. The fourth-order valence-corrected chi connectivity index (χ4v) is 2.44. The van der Waals surface area contributed by atoms with Gasteiger partial charge in [0, 0.05) is 24.7 Å². The fraction of sp³-hybridized carbons (Fsp3) is 0.417. The van der Waals surface area contributed by atoms with Crippen molar-refractivity contribution in [2.24, 2.45) is 0 Å². The second kappa shape index (κ2) is 4.49. The van der Waals surface area contributed by atoms with E-state index in [9.17, 15) is 0 Å². The van der Waals surface area contributed by atoms with Crippen LogP contribution in [0.1, 0.15) is 12.8 Å². The summed E-state index contributed by atoms with van der Waals surface area (Å²) in [4.78, 5) is 15.6. The summed E-state index contributed by atoms with van der Waals surface area (Å²) in [6, 6.07) is 4.12. The number of pyridine rings is 1. The molecule has 2 aromatic heterocycles. The van der Waals surface area contributed by atoms with E-state index in [1.807, 2.05) is 12.5 Å². The number of hydrogen-bond acceptors (Lipinski definition) is 5. The number of aromatic nitrogens is 3. The first-order valence-corrected chi connectivity index (χ1v) is 7.02. The Bertz CT molecular complexity index is 537. The summed E-state index contributed by atoms with van der Waals surface area (Å²) in [6.07, 6.45) is 6.35. The number of nitrogens with zero attached hydrogens (tertiary/aromatic N) is 4. The highest BCUT2D eigenvalue weighted by molar-refractivity contribution is 7.98. The highest BCUT2D eigenvalue weighted by Gasteiger charge is 2.14. The Morgan fingerprint density at radius 1 is 1.18 bits per heavy atom. The molecule has 1 fully saturated rings. The highest BCUT2D eigenvalue weighted by atomic mass is 32.2. The monoisotopic (exact) mass is 246 g/mol. The van der Waals surface area contributed by atoms with Gasteiger partial charge < -0.3 is 4.90 Å². The molecule has 0 atom stereocenters. The summed E-state index contributed by atoms with van der Waals surface area (Å²) in [5.74, 6) is 1.04. The maximum Gasteiger partial charge on any atom is 0.189 e. The molecule has 4 nitrogen and oxygen atoms in total. The number of fused-ring (bicyclic) bond motifs is 1. The minimum atomic E-state index is 0.781. The van der Waals surface area contributed by atoms with Crippen molar-refractivity contribution < 1.29 is 0 Å². The maximum atomic E-state index is 4.63. The Labute approximate surface area is 104 Å². The van der Waals surface area contributed by atoms with Crippen LogP contribution in [-0.2, 0) is 0 Å². The minimum absolute atomic E-state index is 0.781. The molecule has 1 aliphatic heterocycles. The van der Waals surface area contributed by atoms with Gasteiger partial charge in [0.2, 0.25) is 0 Å². The SMILES string of the molecule is CSc1ncc2ccc(N3CCCC3)nc2n1. The molecule has 0 aliphatic carbocycles. The quantitative estimate of drug-likeness (QED) is 0.601. The van der Waals surface area contributed by atoms with Crippen molar-refractivity contribution in [2.45, 2.75) is 18.0 Å². The molecule has 17 heavy (non-hydrogen) atoms. The van der Waals surface area contributed by atoms with Gasteiger partial charge in [0.15, 0.2) is 10.8 Å². The lowest BCUT2D eigenvalue weighted by Crippen LogP contribution is -2.18. The largest absolute Gasteiger partial charge is 0.357 e. The molecule has 0 bridgehead atoms. The lowest BCUT2D eigenvalue weighted by Gasteiger charge is -2.16. The van der Waals surface area contributed by atoms with Crippen LogP contribution in [0.4, 0.5) is 5.82 Å².